The molecule has 0 amide bonds. The number of nitrogens with one attached hydrogen (secondary N) is 1. The minimum absolute atomic E-state index is 0. The van der Waals surface area contributed by atoms with E-state index in [-0.39, 0.29) is 43.1 Å². The first kappa shape index (κ1) is 20.7. The number of esters is 2. The van der Waals surface area contributed by atoms with Crippen LogP contribution in [-0.2, 0) is 20.9 Å². The van der Waals surface area contributed by atoms with Crippen LogP contribution in [0, 0.1) is 0 Å². The van der Waals surface area contributed by atoms with E-state index >= 15 is 0 Å². The number of benzene rings is 2. The molecular formula is C20H22ClNO5. The zero-order chi connectivity index (χ0) is 18.4. The highest BCUT2D eigenvalue weighted by Gasteiger charge is 2.31. The highest BCUT2D eigenvalue weighted by molar-refractivity contribution is 5.89. The van der Waals surface area contributed by atoms with Gasteiger partial charge in [-0.15, -0.1) is 12.4 Å². The third kappa shape index (κ3) is 5.70. The molecule has 6 nitrogen and oxygen atoms in total. The molecule has 0 bridgehead atoms. The number of rotatable bonds is 6. The van der Waals surface area contributed by atoms with Gasteiger partial charge in [0.25, 0.3) is 0 Å². The van der Waals surface area contributed by atoms with E-state index in [0.29, 0.717) is 24.3 Å². The molecule has 1 aliphatic heterocycles. The Morgan fingerprint density at radius 3 is 2.44 bits per heavy atom. The molecule has 3 rings (SSSR count). The van der Waals surface area contributed by atoms with Gasteiger partial charge >= 0.3 is 11.9 Å². The van der Waals surface area contributed by atoms with Crippen LogP contribution in [0.15, 0.2) is 54.6 Å². The zero-order valence-corrected chi connectivity index (χ0v) is 15.7. The molecule has 27 heavy (non-hydrogen) atoms. The molecule has 1 aliphatic rings. The van der Waals surface area contributed by atoms with Gasteiger partial charge in [0, 0.05) is 13.0 Å². The van der Waals surface area contributed by atoms with Crippen LogP contribution in [0.5, 0.6) is 5.75 Å². The summed E-state index contributed by atoms with van der Waals surface area (Å²) < 4.78 is 15.9. The zero-order valence-electron chi connectivity index (χ0n) is 14.9. The molecule has 0 saturated carbocycles. The summed E-state index contributed by atoms with van der Waals surface area (Å²) in [4.78, 5) is 23.6. The molecular weight excluding hydrogens is 370 g/mol. The van der Waals surface area contributed by atoms with Crippen molar-refractivity contribution >= 4 is 24.3 Å². The maximum atomic E-state index is 12.1. The number of carbonyl (C=O) groups is 2. The van der Waals surface area contributed by atoms with Crippen LogP contribution in [0.3, 0.4) is 0 Å². The summed E-state index contributed by atoms with van der Waals surface area (Å²) in [5, 5.41) is 3.07. The fourth-order valence-electron chi connectivity index (χ4n) is 2.78. The molecule has 1 heterocycles. The number of ether oxygens (including phenoxy) is 3. The van der Waals surface area contributed by atoms with E-state index in [1.54, 1.807) is 24.3 Å². The highest BCUT2D eigenvalue weighted by Crippen LogP contribution is 2.19. The first-order valence-electron chi connectivity index (χ1n) is 8.44. The standard InChI is InChI=1S/C20H21NO5.ClH/c1-24-20(23)18-11-17(12-21-18)26-16-9-7-15(8-10-16)19(22)25-13-14-5-3-2-4-6-14;/h2-10,17-18,21H,11-13H2,1H3;1H/t17-,18-;/m0./s1. The van der Waals surface area contributed by atoms with Crippen LogP contribution in [0.2, 0.25) is 0 Å². The molecule has 1 saturated heterocycles. The van der Waals surface area contributed by atoms with Gasteiger partial charge < -0.3 is 19.5 Å². The summed E-state index contributed by atoms with van der Waals surface area (Å²) in [6, 6.07) is 16.0. The second-order valence-corrected chi connectivity index (χ2v) is 6.05. The Labute approximate surface area is 164 Å². The molecule has 0 radical (unpaired) electrons. The Balaban J connectivity index is 0.00000261. The largest absolute Gasteiger partial charge is 0.489 e. The second-order valence-electron chi connectivity index (χ2n) is 6.05. The first-order chi connectivity index (χ1) is 12.7. The molecule has 1 fully saturated rings. The van der Waals surface area contributed by atoms with Crippen molar-refractivity contribution in [2.75, 3.05) is 13.7 Å². The van der Waals surface area contributed by atoms with E-state index in [4.69, 9.17) is 14.2 Å². The lowest BCUT2D eigenvalue weighted by molar-refractivity contribution is -0.142. The number of halogens is 1. The van der Waals surface area contributed by atoms with Crippen molar-refractivity contribution < 1.29 is 23.8 Å². The molecule has 0 aliphatic carbocycles. The smallest absolute Gasteiger partial charge is 0.338 e. The van der Waals surface area contributed by atoms with E-state index in [1.165, 1.54) is 7.11 Å². The van der Waals surface area contributed by atoms with Crippen LogP contribution < -0.4 is 10.1 Å². The highest BCUT2D eigenvalue weighted by atomic mass is 35.5. The van der Waals surface area contributed by atoms with E-state index in [0.717, 1.165) is 5.56 Å². The van der Waals surface area contributed by atoms with Gasteiger partial charge in [-0.2, -0.15) is 0 Å². The average molecular weight is 392 g/mol. The summed E-state index contributed by atoms with van der Waals surface area (Å²) >= 11 is 0. The quantitative estimate of drug-likeness (QED) is 0.763. The molecule has 0 spiro atoms. The summed E-state index contributed by atoms with van der Waals surface area (Å²) in [7, 11) is 1.37. The molecule has 2 aromatic rings. The number of hydrogen-bond donors (Lipinski definition) is 1. The molecule has 2 atom stereocenters. The van der Waals surface area contributed by atoms with Gasteiger partial charge in [-0.3, -0.25) is 4.79 Å². The Morgan fingerprint density at radius 1 is 1.07 bits per heavy atom. The van der Waals surface area contributed by atoms with Gasteiger partial charge in [-0.1, -0.05) is 30.3 Å². The first-order valence-corrected chi connectivity index (χ1v) is 8.44. The van der Waals surface area contributed by atoms with Crippen molar-refractivity contribution in [2.24, 2.45) is 0 Å². The number of methoxy groups -OCH3 is 1. The minimum atomic E-state index is -0.381. The van der Waals surface area contributed by atoms with Crippen LogP contribution >= 0.6 is 12.4 Å². The SMILES string of the molecule is COC(=O)[C@@H]1C[C@H](Oc2ccc(C(=O)OCc3ccccc3)cc2)CN1.Cl. The predicted octanol–water partition coefficient (Wildman–Crippen LogP) is 2.75. The summed E-state index contributed by atoms with van der Waals surface area (Å²) in [6.07, 6.45) is 0.433. The van der Waals surface area contributed by atoms with E-state index in [1.807, 2.05) is 30.3 Å². The van der Waals surface area contributed by atoms with Crippen LogP contribution in [0.1, 0.15) is 22.3 Å². The third-order valence-electron chi connectivity index (χ3n) is 4.18. The normalized spacial score (nSPS) is 18.3. The lowest BCUT2D eigenvalue weighted by Crippen LogP contribution is -2.31. The van der Waals surface area contributed by atoms with Crippen molar-refractivity contribution in [2.45, 2.75) is 25.2 Å². The van der Waals surface area contributed by atoms with Gasteiger partial charge in [0.15, 0.2) is 0 Å². The average Bonchev–Trinajstić information content (AvgIpc) is 3.15. The van der Waals surface area contributed by atoms with Gasteiger partial charge in [-0.05, 0) is 29.8 Å². The van der Waals surface area contributed by atoms with Crippen molar-refractivity contribution in [3.63, 3.8) is 0 Å². The third-order valence-corrected chi connectivity index (χ3v) is 4.18. The van der Waals surface area contributed by atoms with Crippen LogP contribution in [-0.4, -0.2) is 37.7 Å². The molecule has 144 valence electrons. The second kappa shape index (κ2) is 9.94. The summed E-state index contributed by atoms with van der Waals surface area (Å²) in [5.74, 6) is -0.0248. The summed E-state index contributed by atoms with van der Waals surface area (Å²) in [6.45, 7) is 0.807. The molecule has 2 aromatic carbocycles. The fraction of sp³-hybridized carbons (Fsp3) is 0.300. The molecule has 7 heteroatoms. The van der Waals surface area contributed by atoms with Crippen molar-refractivity contribution in [1.82, 2.24) is 5.32 Å². The minimum Gasteiger partial charge on any atom is -0.489 e. The Hall–Kier alpha value is -2.57. The number of carbonyl (C=O) groups excluding carboxylic acids is 2. The molecule has 1 N–H and O–H groups in total. The molecule has 0 unspecified atom stereocenters. The van der Waals surface area contributed by atoms with E-state index in [9.17, 15) is 9.59 Å². The lowest BCUT2D eigenvalue weighted by Gasteiger charge is -2.13. The number of hydrogen-bond acceptors (Lipinski definition) is 6. The maximum absolute atomic E-state index is 12.1. The Kier molecular flexibility index (Phi) is 7.64. The Bertz CT molecular complexity index is 751. The van der Waals surface area contributed by atoms with Gasteiger partial charge in [0.2, 0.25) is 0 Å². The van der Waals surface area contributed by atoms with Gasteiger partial charge in [0.1, 0.15) is 24.5 Å². The lowest BCUT2D eigenvalue weighted by atomic mass is 10.2. The van der Waals surface area contributed by atoms with E-state index < -0.39 is 0 Å². The van der Waals surface area contributed by atoms with Gasteiger partial charge in [-0.25, -0.2) is 4.79 Å². The van der Waals surface area contributed by atoms with Crippen molar-refractivity contribution in [3.8, 4) is 5.75 Å². The summed E-state index contributed by atoms with van der Waals surface area (Å²) in [5.41, 5.74) is 1.40. The topological polar surface area (TPSA) is 73.9 Å². The Morgan fingerprint density at radius 2 is 1.78 bits per heavy atom. The monoisotopic (exact) mass is 391 g/mol. The van der Waals surface area contributed by atoms with Crippen LogP contribution in [0.25, 0.3) is 0 Å². The predicted molar refractivity (Wildman–Crippen MR) is 102 cm³/mol. The fourth-order valence-corrected chi connectivity index (χ4v) is 2.78. The van der Waals surface area contributed by atoms with Crippen LogP contribution in [0.4, 0.5) is 0 Å². The van der Waals surface area contributed by atoms with Crippen molar-refractivity contribution in [3.05, 3.63) is 65.7 Å². The maximum Gasteiger partial charge on any atom is 0.338 e. The van der Waals surface area contributed by atoms with Gasteiger partial charge in [0.05, 0.1) is 12.7 Å². The van der Waals surface area contributed by atoms with Crippen molar-refractivity contribution in [1.29, 1.82) is 0 Å². The molecule has 0 aromatic heterocycles. The van der Waals surface area contributed by atoms with E-state index in [2.05, 4.69) is 5.32 Å².